The number of sulfonamides is 1. The first-order valence-electron chi connectivity index (χ1n) is 8.16. The van der Waals surface area contributed by atoms with E-state index >= 15 is 0 Å². The number of ether oxygens (including phenoxy) is 1. The number of carbonyl (C=O) groups excluding carboxylic acids is 3. The van der Waals surface area contributed by atoms with Crippen molar-refractivity contribution in [2.75, 3.05) is 19.7 Å². The van der Waals surface area contributed by atoms with Crippen LogP contribution in [0.25, 0.3) is 0 Å². The molecule has 0 aliphatic carbocycles. The highest BCUT2D eigenvalue weighted by atomic mass is 32.2. The summed E-state index contributed by atoms with van der Waals surface area (Å²) in [6.07, 6.45) is 0. The number of nitrogens with one attached hydrogen (secondary N) is 1. The number of nitrogens with zero attached hydrogens (tertiary/aromatic N) is 1. The molecule has 1 aliphatic rings. The molecule has 0 saturated carbocycles. The summed E-state index contributed by atoms with van der Waals surface area (Å²) in [6.45, 7) is -1.19. The van der Waals surface area contributed by atoms with Gasteiger partial charge in [-0.1, -0.05) is 24.3 Å². The maximum Gasteiger partial charge on any atom is 0.321 e. The van der Waals surface area contributed by atoms with Crippen molar-refractivity contribution in [3.8, 4) is 0 Å². The summed E-state index contributed by atoms with van der Waals surface area (Å²) in [4.78, 5) is 36.4. The molecular weight excluding hydrogens is 391 g/mol. The fraction of sp³-hybridized carbons (Fsp3) is 0.167. The highest BCUT2D eigenvalue weighted by Crippen LogP contribution is 2.21. The van der Waals surface area contributed by atoms with Crippen LogP contribution in [0, 0.1) is 5.82 Å². The number of carbonyl (C=O) groups is 3. The molecule has 3 rings (SSSR count). The smallest absolute Gasteiger partial charge is 0.321 e. The quantitative estimate of drug-likeness (QED) is 0.541. The molecule has 0 saturated heterocycles. The van der Waals surface area contributed by atoms with Gasteiger partial charge in [0.05, 0.1) is 17.7 Å². The minimum Gasteiger partial charge on any atom is -0.463 e. The fourth-order valence-electron chi connectivity index (χ4n) is 2.64. The van der Waals surface area contributed by atoms with Crippen molar-refractivity contribution in [3.63, 3.8) is 0 Å². The molecule has 0 radical (unpaired) electrons. The van der Waals surface area contributed by atoms with Gasteiger partial charge in [0.25, 0.3) is 11.8 Å². The molecule has 0 atom stereocenters. The Kier molecular flexibility index (Phi) is 5.52. The van der Waals surface area contributed by atoms with Crippen LogP contribution in [0.4, 0.5) is 4.39 Å². The van der Waals surface area contributed by atoms with Crippen LogP contribution in [0.2, 0.25) is 0 Å². The number of halogens is 1. The molecule has 1 N–H and O–H groups in total. The average molecular weight is 406 g/mol. The summed E-state index contributed by atoms with van der Waals surface area (Å²) in [5.74, 6) is -2.86. The maximum atomic E-state index is 13.6. The Morgan fingerprint density at radius 1 is 1.00 bits per heavy atom. The fourth-order valence-corrected chi connectivity index (χ4v) is 3.68. The van der Waals surface area contributed by atoms with Crippen LogP contribution in [-0.4, -0.2) is 50.8 Å². The van der Waals surface area contributed by atoms with Crippen LogP contribution in [-0.2, 0) is 19.6 Å². The number of imide groups is 1. The van der Waals surface area contributed by atoms with E-state index in [1.807, 2.05) is 4.72 Å². The molecule has 1 heterocycles. The normalized spacial score (nSPS) is 13.5. The van der Waals surface area contributed by atoms with Gasteiger partial charge in [-0.15, -0.1) is 0 Å². The van der Waals surface area contributed by atoms with E-state index < -0.39 is 45.1 Å². The molecule has 2 aromatic rings. The van der Waals surface area contributed by atoms with Crippen molar-refractivity contribution in [1.29, 1.82) is 0 Å². The number of benzene rings is 2. The summed E-state index contributed by atoms with van der Waals surface area (Å²) in [5, 5.41) is 0. The van der Waals surface area contributed by atoms with E-state index in [0.717, 1.165) is 17.0 Å². The number of esters is 1. The standard InChI is InChI=1S/C18H15FN2O6S/c19-14-7-3-4-8-15(14)28(25,26)20-11-16(22)27-10-9-21-17(23)12-5-1-2-6-13(12)18(21)24/h1-8,20H,9-11H2. The third-order valence-corrected chi connectivity index (χ3v) is 5.42. The predicted octanol–water partition coefficient (Wildman–Crippen LogP) is 0.943. The Morgan fingerprint density at radius 2 is 1.57 bits per heavy atom. The third kappa shape index (κ3) is 3.92. The summed E-state index contributed by atoms with van der Waals surface area (Å²) in [7, 11) is -4.23. The molecular formula is C18H15FN2O6S. The monoisotopic (exact) mass is 406 g/mol. The lowest BCUT2D eigenvalue weighted by atomic mass is 10.1. The molecule has 1 aliphatic heterocycles. The second-order valence-corrected chi connectivity index (χ2v) is 7.52. The van der Waals surface area contributed by atoms with Crippen molar-refractivity contribution in [3.05, 3.63) is 65.5 Å². The number of hydrogen-bond acceptors (Lipinski definition) is 6. The minimum absolute atomic E-state index is 0.169. The van der Waals surface area contributed by atoms with Gasteiger partial charge in [-0.05, 0) is 24.3 Å². The SMILES string of the molecule is O=C(CNS(=O)(=O)c1ccccc1F)OCCN1C(=O)c2ccccc2C1=O. The molecule has 28 heavy (non-hydrogen) atoms. The summed E-state index contributed by atoms with van der Waals surface area (Å²) in [5.41, 5.74) is 0.549. The second-order valence-electron chi connectivity index (χ2n) is 5.78. The van der Waals surface area contributed by atoms with Gasteiger partial charge in [0, 0.05) is 0 Å². The molecule has 0 aromatic heterocycles. The minimum atomic E-state index is -4.23. The van der Waals surface area contributed by atoms with Crippen LogP contribution in [0.15, 0.2) is 53.4 Å². The number of hydrogen-bond donors (Lipinski definition) is 1. The first kappa shape index (κ1) is 19.6. The van der Waals surface area contributed by atoms with Crippen molar-refractivity contribution < 1.29 is 31.9 Å². The Bertz CT molecular complexity index is 1020. The van der Waals surface area contributed by atoms with Crippen molar-refractivity contribution in [2.45, 2.75) is 4.90 Å². The van der Waals surface area contributed by atoms with Gasteiger partial charge in [-0.2, -0.15) is 4.72 Å². The maximum absolute atomic E-state index is 13.6. The molecule has 8 nitrogen and oxygen atoms in total. The molecule has 2 aromatic carbocycles. The van der Waals surface area contributed by atoms with Crippen LogP contribution in [0.3, 0.4) is 0 Å². The van der Waals surface area contributed by atoms with Crippen molar-refractivity contribution in [2.24, 2.45) is 0 Å². The van der Waals surface area contributed by atoms with E-state index in [9.17, 15) is 27.2 Å². The Balaban J connectivity index is 1.50. The van der Waals surface area contributed by atoms with E-state index in [-0.39, 0.29) is 24.3 Å². The van der Waals surface area contributed by atoms with Crippen molar-refractivity contribution in [1.82, 2.24) is 9.62 Å². The van der Waals surface area contributed by atoms with E-state index in [1.54, 1.807) is 12.1 Å². The van der Waals surface area contributed by atoms with Gasteiger partial charge in [0.15, 0.2) is 0 Å². The second kappa shape index (κ2) is 7.87. The Hall–Kier alpha value is -3.11. The van der Waals surface area contributed by atoms with E-state index in [0.29, 0.717) is 0 Å². The van der Waals surface area contributed by atoms with E-state index in [2.05, 4.69) is 0 Å². The lowest BCUT2D eigenvalue weighted by Crippen LogP contribution is -2.35. The number of amides is 2. The van der Waals surface area contributed by atoms with E-state index in [4.69, 9.17) is 4.74 Å². The van der Waals surface area contributed by atoms with Gasteiger partial charge in [-0.25, -0.2) is 12.8 Å². The first-order valence-corrected chi connectivity index (χ1v) is 9.64. The highest BCUT2D eigenvalue weighted by molar-refractivity contribution is 7.89. The largest absolute Gasteiger partial charge is 0.463 e. The Labute approximate surface area is 160 Å². The van der Waals surface area contributed by atoms with E-state index in [1.165, 1.54) is 24.3 Å². The molecule has 2 amide bonds. The molecule has 146 valence electrons. The van der Waals surface area contributed by atoms with Gasteiger partial charge >= 0.3 is 5.97 Å². The van der Waals surface area contributed by atoms with Gasteiger partial charge in [0.1, 0.15) is 23.9 Å². The van der Waals surface area contributed by atoms with Crippen LogP contribution in [0.5, 0.6) is 0 Å². The average Bonchev–Trinajstić information content (AvgIpc) is 2.92. The zero-order valence-corrected chi connectivity index (χ0v) is 15.2. The van der Waals surface area contributed by atoms with Crippen LogP contribution in [0.1, 0.15) is 20.7 Å². The zero-order valence-electron chi connectivity index (χ0n) is 14.4. The van der Waals surface area contributed by atoms with Crippen LogP contribution >= 0.6 is 0 Å². The van der Waals surface area contributed by atoms with Gasteiger partial charge in [-0.3, -0.25) is 19.3 Å². The highest BCUT2D eigenvalue weighted by Gasteiger charge is 2.34. The molecule has 0 unspecified atom stereocenters. The third-order valence-electron chi connectivity index (χ3n) is 3.99. The number of rotatable bonds is 7. The Morgan fingerprint density at radius 3 is 2.18 bits per heavy atom. The predicted molar refractivity (Wildman–Crippen MR) is 94.4 cm³/mol. The molecule has 0 bridgehead atoms. The molecule has 0 spiro atoms. The first-order chi connectivity index (χ1) is 13.3. The lowest BCUT2D eigenvalue weighted by Gasteiger charge is -2.14. The summed E-state index contributed by atoms with van der Waals surface area (Å²) >= 11 is 0. The van der Waals surface area contributed by atoms with Crippen LogP contribution < -0.4 is 4.72 Å². The number of fused-ring (bicyclic) bond motifs is 1. The van der Waals surface area contributed by atoms with Gasteiger partial charge in [0.2, 0.25) is 10.0 Å². The molecule has 10 heteroatoms. The summed E-state index contributed by atoms with van der Waals surface area (Å²) in [6, 6.07) is 11.0. The summed E-state index contributed by atoms with van der Waals surface area (Å²) < 4.78 is 44.3. The lowest BCUT2D eigenvalue weighted by molar-refractivity contribution is -0.142. The topological polar surface area (TPSA) is 110 Å². The van der Waals surface area contributed by atoms with Gasteiger partial charge < -0.3 is 4.74 Å². The zero-order chi connectivity index (χ0) is 20.3. The van der Waals surface area contributed by atoms with Crippen molar-refractivity contribution >= 4 is 27.8 Å². The molecule has 0 fully saturated rings.